The first-order valence-corrected chi connectivity index (χ1v) is 9.07. The number of anilines is 1. The minimum Gasteiger partial charge on any atom is -0.374 e. The van der Waals surface area contributed by atoms with Crippen molar-refractivity contribution in [2.75, 3.05) is 24.2 Å². The van der Waals surface area contributed by atoms with E-state index in [1.165, 1.54) is 22.4 Å². The first-order chi connectivity index (χ1) is 10.6. The Morgan fingerprint density at radius 1 is 1.45 bits per heavy atom. The average molecular weight is 332 g/mol. The highest BCUT2D eigenvalue weighted by molar-refractivity contribution is 8.15. The minimum absolute atomic E-state index is 0.359. The molecule has 0 saturated heterocycles. The summed E-state index contributed by atoms with van der Waals surface area (Å²) in [5.74, 6) is 0.268. The van der Waals surface area contributed by atoms with Crippen molar-refractivity contribution in [3.63, 3.8) is 0 Å². The predicted octanol–water partition coefficient (Wildman–Crippen LogP) is 2.03. The number of carbonyl (C=O) groups is 1. The van der Waals surface area contributed by atoms with Gasteiger partial charge in [0.15, 0.2) is 0 Å². The van der Waals surface area contributed by atoms with Crippen molar-refractivity contribution in [3.05, 3.63) is 22.7 Å². The van der Waals surface area contributed by atoms with E-state index in [1.54, 1.807) is 23.1 Å². The first-order valence-electron chi connectivity index (χ1n) is 7.27. The van der Waals surface area contributed by atoms with Crippen LogP contribution in [0.5, 0.6) is 0 Å². The summed E-state index contributed by atoms with van der Waals surface area (Å²) in [4.78, 5) is 22.7. The summed E-state index contributed by atoms with van der Waals surface area (Å²) in [6.45, 7) is 1.10. The third-order valence-corrected chi connectivity index (χ3v) is 6.45. The number of aliphatic imine (C=N–C) groups is 1. The Hall–Kier alpha value is -1.60. The third kappa shape index (κ3) is 2.19. The number of fused-ring (bicyclic) bond motifs is 3. The third-order valence-electron chi connectivity index (χ3n) is 4.13. The topological polar surface area (TPSA) is 71.6 Å². The van der Waals surface area contributed by atoms with E-state index in [1.807, 2.05) is 0 Å². The van der Waals surface area contributed by atoms with Gasteiger partial charge in [0.25, 0.3) is 0 Å². The largest absolute Gasteiger partial charge is 0.374 e. The van der Waals surface area contributed by atoms with Crippen LogP contribution in [0.1, 0.15) is 17.0 Å². The monoisotopic (exact) mass is 332 g/mol. The number of thiazole rings is 1. The minimum atomic E-state index is -0.410. The van der Waals surface area contributed by atoms with Crippen LogP contribution < -0.4 is 10.6 Å². The van der Waals surface area contributed by atoms with Crippen LogP contribution in [0.15, 0.2) is 17.1 Å². The molecule has 4 rings (SSSR count). The van der Waals surface area contributed by atoms with Gasteiger partial charge in [-0.05, 0) is 30.5 Å². The number of nitrogens with two attached hydrogens (primary N) is 1. The number of aryl methyl sites for hydroxylation is 1. The van der Waals surface area contributed by atoms with Crippen molar-refractivity contribution in [2.24, 2.45) is 10.7 Å². The normalized spacial score (nSPS) is 21.0. The van der Waals surface area contributed by atoms with Crippen LogP contribution >= 0.6 is 23.1 Å². The lowest BCUT2D eigenvalue weighted by Gasteiger charge is -2.27. The summed E-state index contributed by atoms with van der Waals surface area (Å²) in [5, 5.41) is 1.76. The zero-order valence-corrected chi connectivity index (χ0v) is 13.8. The van der Waals surface area contributed by atoms with Gasteiger partial charge in [-0.3, -0.25) is 9.79 Å². The summed E-state index contributed by atoms with van der Waals surface area (Å²) >= 11 is 3.26. The highest BCUT2D eigenvalue weighted by atomic mass is 32.2. The number of hydrogen-bond acceptors (Lipinski definition) is 6. The summed E-state index contributed by atoms with van der Waals surface area (Å²) < 4.78 is 1.25. The number of rotatable bonds is 2. The van der Waals surface area contributed by atoms with E-state index < -0.39 is 6.04 Å². The van der Waals surface area contributed by atoms with Crippen molar-refractivity contribution in [1.82, 2.24) is 4.98 Å². The molecule has 1 amide bonds. The van der Waals surface area contributed by atoms with Crippen LogP contribution in [0.2, 0.25) is 0 Å². The highest BCUT2D eigenvalue weighted by Gasteiger charge is 2.26. The number of carbonyl (C=O) groups excluding carboxylic acids is 1. The van der Waals surface area contributed by atoms with Crippen molar-refractivity contribution in [1.29, 1.82) is 0 Å². The fourth-order valence-corrected chi connectivity index (χ4v) is 5.23. The molecular weight excluding hydrogens is 316 g/mol. The molecular formula is C15H16N4OS2. The molecule has 2 N–H and O–H groups in total. The lowest BCUT2D eigenvalue weighted by atomic mass is 10.0. The molecule has 114 valence electrons. The van der Waals surface area contributed by atoms with E-state index in [9.17, 15) is 4.79 Å². The Kier molecular flexibility index (Phi) is 3.34. The van der Waals surface area contributed by atoms with Gasteiger partial charge in [0, 0.05) is 25.0 Å². The van der Waals surface area contributed by atoms with Crippen molar-refractivity contribution in [2.45, 2.75) is 18.9 Å². The Morgan fingerprint density at radius 3 is 3.09 bits per heavy atom. The standard InChI is InChI=1S/C15H16N4OS2/c1-19-6-2-3-8-11(19)5-4-9-12(8)22-15(17-9)14-18-10(7-21-14)13(16)20/h4-5,10H,2-3,6-7H2,1H3,(H2,16,20)/t10-/m1/s1. The van der Waals surface area contributed by atoms with E-state index in [2.05, 4.69) is 29.1 Å². The summed E-state index contributed by atoms with van der Waals surface area (Å²) in [7, 11) is 2.14. The quantitative estimate of drug-likeness (QED) is 0.913. The Balaban J connectivity index is 1.79. The maximum Gasteiger partial charge on any atom is 0.243 e. The van der Waals surface area contributed by atoms with E-state index in [4.69, 9.17) is 10.7 Å². The fraction of sp³-hybridized carbons (Fsp3) is 0.400. The lowest BCUT2D eigenvalue weighted by Crippen LogP contribution is -2.26. The lowest BCUT2D eigenvalue weighted by molar-refractivity contribution is -0.118. The van der Waals surface area contributed by atoms with Gasteiger partial charge >= 0.3 is 0 Å². The van der Waals surface area contributed by atoms with Crippen molar-refractivity contribution >= 4 is 50.0 Å². The van der Waals surface area contributed by atoms with Crippen LogP contribution in [-0.2, 0) is 11.2 Å². The number of primary amides is 1. The second-order valence-electron chi connectivity index (χ2n) is 5.62. The van der Waals surface area contributed by atoms with Crippen molar-refractivity contribution in [3.8, 4) is 0 Å². The number of thioether (sulfide) groups is 1. The maximum atomic E-state index is 11.3. The molecule has 0 saturated carbocycles. The predicted molar refractivity (Wildman–Crippen MR) is 93.2 cm³/mol. The van der Waals surface area contributed by atoms with Crippen LogP contribution in [0, 0.1) is 0 Å². The zero-order chi connectivity index (χ0) is 15.3. The molecule has 0 radical (unpaired) electrons. The molecule has 2 aliphatic heterocycles. The summed E-state index contributed by atoms with van der Waals surface area (Å²) in [6.07, 6.45) is 2.28. The van der Waals surface area contributed by atoms with E-state index in [0.29, 0.717) is 5.75 Å². The van der Waals surface area contributed by atoms with Gasteiger partial charge in [0.2, 0.25) is 5.91 Å². The first kappa shape index (κ1) is 14.0. The second kappa shape index (κ2) is 5.24. The van der Waals surface area contributed by atoms with E-state index >= 15 is 0 Å². The molecule has 0 unspecified atom stereocenters. The van der Waals surface area contributed by atoms with Gasteiger partial charge in [0.1, 0.15) is 16.1 Å². The van der Waals surface area contributed by atoms with Crippen LogP contribution in [0.4, 0.5) is 5.69 Å². The van der Waals surface area contributed by atoms with Gasteiger partial charge in [-0.1, -0.05) is 0 Å². The number of amides is 1. The Morgan fingerprint density at radius 2 is 2.32 bits per heavy atom. The molecule has 2 aromatic rings. The maximum absolute atomic E-state index is 11.3. The molecule has 1 aromatic heterocycles. The Bertz CT molecular complexity index is 798. The van der Waals surface area contributed by atoms with Crippen LogP contribution in [-0.4, -0.2) is 41.3 Å². The van der Waals surface area contributed by atoms with Gasteiger partial charge in [-0.15, -0.1) is 23.1 Å². The smallest absolute Gasteiger partial charge is 0.243 e. The molecule has 2 aliphatic rings. The molecule has 0 aliphatic carbocycles. The van der Waals surface area contributed by atoms with Gasteiger partial charge in [-0.25, -0.2) is 4.98 Å². The van der Waals surface area contributed by atoms with Gasteiger partial charge in [0.05, 0.1) is 10.2 Å². The molecule has 5 nitrogen and oxygen atoms in total. The Labute approximate surface area is 136 Å². The molecule has 7 heteroatoms. The molecule has 3 heterocycles. The molecule has 0 spiro atoms. The van der Waals surface area contributed by atoms with Gasteiger partial charge in [-0.2, -0.15) is 0 Å². The summed E-state index contributed by atoms with van der Waals surface area (Å²) in [5.41, 5.74) is 9.07. The number of benzene rings is 1. The molecule has 22 heavy (non-hydrogen) atoms. The number of hydrogen-bond donors (Lipinski definition) is 1. The molecule has 1 atom stereocenters. The van der Waals surface area contributed by atoms with E-state index in [-0.39, 0.29) is 5.91 Å². The van der Waals surface area contributed by atoms with Crippen molar-refractivity contribution < 1.29 is 4.79 Å². The van der Waals surface area contributed by atoms with Crippen LogP contribution in [0.25, 0.3) is 10.2 Å². The average Bonchev–Trinajstić information content (AvgIpc) is 3.14. The van der Waals surface area contributed by atoms with E-state index in [0.717, 1.165) is 28.5 Å². The second-order valence-corrected chi connectivity index (χ2v) is 7.63. The number of nitrogens with zero attached hydrogens (tertiary/aromatic N) is 3. The van der Waals surface area contributed by atoms with Crippen LogP contribution in [0.3, 0.4) is 0 Å². The zero-order valence-electron chi connectivity index (χ0n) is 12.2. The fourth-order valence-electron chi connectivity index (χ4n) is 2.98. The molecule has 0 fully saturated rings. The van der Waals surface area contributed by atoms with Gasteiger partial charge < -0.3 is 10.6 Å². The highest BCUT2D eigenvalue weighted by Crippen LogP contribution is 2.37. The molecule has 0 bridgehead atoms. The summed E-state index contributed by atoms with van der Waals surface area (Å²) in [6, 6.07) is 3.84. The SMILES string of the molecule is CN1CCCc2c1ccc1nc(C3=N[C@@H](C(N)=O)CS3)sc21. The number of aromatic nitrogens is 1. The molecule has 1 aromatic carbocycles.